The average molecular weight is 278 g/mol. The van der Waals surface area contributed by atoms with Crippen molar-refractivity contribution in [1.82, 2.24) is 5.32 Å². The van der Waals surface area contributed by atoms with Crippen LogP contribution in [-0.2, 0) is 4.79 Å². The second-order valence-corrected chi connectivity index (χ2v) is 4.42. The molecule has 0 aliphatic heterocycles. The number of halogens is 4. The van der Waals surface area contributed by atoms with Crippen LogP contribution in [0.4, 0.5) is 17.6 Å². The number of hydrogen-bond donors (Lipinski definition) is 2. The lowest BCUT2D eigenvalue weighted by molar-refractivity contribution is -0.187. The molecular weight excluding hydrogens is 264 g/mol. The Morgan fingerprint density at radius 2 is 1.84 bits per heavy atom. The molecule has 0 fully saturated rings. The van der Waals surface area contributed by atoms with Gasteiger partial charge < -0.3 is 11.1 Å². The summed E-state index contributed by atoms with van der Waals surface area (Å²) in [4.78, 5) is 11.5. The molecule has 0 radical (unpaired) electrons. The summed E-state index contributed by atoms with van der Waals surface area (Å²) < 4.78 is 51.1. The van der Waals surface area contributed by atoms with Crippen LogP contribution in [0.5, 0.6) is 0 Å². The number of carbonyl (C=O) groups excluding carboxylic acids is 1. The summed E-state index contributed by atoms with van der Waals surface area (Å²) in [5.41, 5.74) is 2.04. The number of nitrogens with one attached hydrogen (secondary N) is 1. The Hall–Kier alpha value is -1.63. The first kappa shape index (κ1) is 15.4. The minimum atomic E-state index is -4.88. The number of hydrogen-bond acceptors (Lipinski definition) is 2. The Kier molecular flexibility index (Phi) is 4.19. The van der Waals surface area contributed by atoms with Crippen molar-refractivity contribution in [1.29, 1.82) is 0 Å². The standard InChI is InChI=1S/C12H14F4N2O/c1-7(8-5-3-4-6-9(8)13)18-10(19)11(2,17)12(14,15)16/h3-7H,17H2,1-2H3,(H,18,19)/t7-,11?/m1/s1. The third-order valence-corrected chi connectivity index (χ3v) is 2.78. The van der Waals surface area contributed by atoms with E-state index in [9.17, 15) is 22.4 Å². The predicted octanol–water partition coefficient (Wildman–Crippen LogP) is 2.28. The van der Waals surface area contributed by atoms with Gasteiger partial charge in [0.2, 0.25) is 5.91 Å². The minimum Gasteiger partial charge on any atom is -0.348 e. The fourth-order valence-corrected chi connectivity index (χ4v) is 1.38. The van der Waals surface area contributed by atoms with E-state index in [4.69, 9.17) is 5.73 Å². The molecule has 2 atom stereocenters. The van der Waals surface area contributed by atoms with Gasteiger partial charge in [0.25, 0.3) is 0 Å². The number of alkyl halides is 3. The Morgan fingerprint density at radius 1 is 1.32 bits per heavy atom. The second kappa shape index (κ2) is 5.16. The van der Waals surface area contributed by atoms with Crippen LogP contribution in [-0.4, -0.2) is 17.6 Å². The van der Waals surface area contributed by atoms with E-state index in [1.54, 1.807) is 0 Å². The van der Waals surface area contributed by atoms with E-state index in [2.05, 4.69) is 5.32 Å². The molecule has 0 aliphatic carbocycles. The van der Waals surface area contributed by atoms with Gasteiger partial charge in [-0.2, -0.15) is 13.2 Å². The topological polar surface area (TPSA) is 55.1 Å². The first-order valence-corrected chi connectivity index (χ1v) is 5.48. The molecule has 1 unspecified atom stereocenters. The second-order valence-electron chi connectivity index (χ2n) is 4.42. The minimum absolute atomic E-state index is 0.0915. The summed E-state index contributed by atoms with van der Waals surface area (Å²) in [6.07, 6.45) is -4.88. The van der Waals surface area contributed by atoms with Gasteiger partial charge in [-0.15, -0.1) is 0 Å². The average Bonchev–Trinajstić information content (AvgIpc) is 2.27. The van der Waals surface area contributed by atoms with Crippen LogP contribution < -0.4 is 11.1 Å². The Morgan fingerprint density at radius 3 is 2.32 bits per heavy atom. The van der Waals surface area contributed by atoms with E-state index < -0.39 is 29.5 Å². The lowest BCUT2D eigenvalue weighted by atomic mass is 10.0. The van der Waals surface area contributed by atoms with Gasteiger partial charge >= 0.3 is 6.18 Å². The molecule has 0 aliphatic rings. The van der Waals surface area contributed by atoms with Crippen LogP contribution in [0.1, 0.15) is 25.5 Å². The first-order valence-electron chi connectivity index (χ1n) is 5.48. The van der Waals surface area contributed by atoms with Crippen LogP contribution >= 0.6 is 0 Å². The fraction of sp³-hybridized carbons (Fsp3) is 0.417. The Bertz CT molecular complexity index is 471. The van der Waals surface area contributed by atoms with Gasteiger partial charge in [-0.25, -0.2) is 4.39 Å². The van der Waals surface area contributed by atoms with E-state index in [0.717, 1.165) is 6.07 Å². The molecule has 7 heteroatoms. The van der Waals surface area contributed by atoms with Crippen molar-refractivity contribution in [2.45, 2.75) is 31.6 Å². The molecule has 1 aromatic rings. The summed E-state index contributed by atoms with van der Waals surface area (Å²) in [5, 5.41) is 2.06. The number of carbonyl (C=O) groups is 1. The van der Waals surface area contributed by atoms with Gasteiger partial charge in [-0.05, 0) is 19.9 Å². The van der Waals surface area contributed by atoms with Crippen LogP contribution in [0.3, 0.4) is 0 Å². The Balaban J connectivity index is 2.87. The van der Waals surface area contributed by atoms with Crippen molar-refractivity contribution >= 4 is 5.91 Å². The van der Waals surface area contributed by atoms with E-state index in [1.165, 1.54) is 25.1 Å². The maximum Gasteiger partial charge on any atom is 0.415 e. The lowest BCUT2D eigenvalue weighted by Gasteiger charge is -2.28. The van der Waals surface area contributed by atoms with Gasteiger partial charge in [0, 0.05) is 5.56 Å². The normalized spacial score (nSPS) is 16.6. The third kappa shape index (κ3) is 3.23. The summed E-state index contributed by atoms with van der Waals surface area (Å²) in [6, 6.07) is 4.58. The summed E-state index contributed by atoms with van der Waals surface area (Å²) in [7, 11) is 0. The summed E-state index contributed by atoms with van der Waals surface area (Å²) >= 11 is 0. The Labute approximate surface area is 107 Å². The van der Waals surface area contributed by atoms with E-state index in [-0.39, 0.29) is 5.56 Å². The third-order valence-electron chi connectivity index (χ3n) is 2.78. The number of amides is 1. The first-order chi connectivity index (χ1) is 8.57. The predicted molar refractivity (Wildman–Crippen MR) is 61.6 cm³/mol. The van der Waals surface area contributed by atoms with E-state index in [0.29, 0.717) is 6.92 Å². The summed E-state index contributed by atoms with van der Waals surface area (Å²) in [6.45, 7) is 1.94. The SMILES string of the molecule is C[C@@H](NC(=O)C(C)(N)C(F)(F)F)c1ccccc1F. The number of benzene rings is 1. The molecule has 3 nitrogen and oxygen atoms in total. The molecule has 0 saturated heterocycles. The van der Waals surface area contributed by atoms with Crippen molar-refractivity contribution in [3.05, 3.63) is 35.6 Å². The lowest BCUT2D eigenvalue weighted by Crippen LogP contribution is -2.61. The van der Waals surface area contributed by atoms with Gasteiger partial charge in [-0.1, -0.05) is 18.2 Å². The van der Waals surface area contributed by atoms with E-state index >= 15 is 0 Å². The number of nitrogens with two attached hydrogens (primary N) is 1. The molecule has 19 heavy (non-hydrogen) atoms. The molecule has 3 N–H and O–H groups in total. The molecular formula is C12H14F4N2O. The fourth-order valence-electron chi connectivity index (χ4n) is 1.38. The van der Waals surface area contributed by atoms with Crippen LogP contribution in [0.15, 0.2) is 24.3 Å². The molecule has 1 rings (SSSR count). The van der Waals surface area contributed by atoms with Gasteiger partial charge in [0.1, 0.15) is 5.82 Å². The van der Waals surface area contributed by atoms with Gasteiger partial charge in [0.15, 0.2) is 5.54 Å². The maximum absolute atomic E-state index is 13.4. The molecule has 0 bridgehead atoms. The molecule has 0 aromatic heterocycles. The van der Waals surface area contributed by atoms with E-state index in [1.807, 2.05) is 0 Å². The van der Waals surface area contributed by atoms with Crippen molar-refractivity contribution in [3.63, 3.8) is 0 Å². The highest BCUT2D eigenvalue weighted by molar-refractivity contribution is 5.86. The zero-order valence-corrected chi connectivity index (χ0v) is 10.4. The van der Waals surface area contributed by atoms with Gasteiger partial charge in [-0.3, -0.25) is 4.79 Å². The molecule has 0 saturated carbocycles. The van der Waals surface area contributed by atoms with Crippen molar-refractivity contribution in [3.8, 4) is 0 Å². The largest absolute Gasteiger partial charge is 0.415 e. The van der Waals surface area contributed by atoms with Crippen LogP contribution in [0.25, 0.3) is 0 Å². The van der Waals surface area contributed by atoms with Crippen molar-refractivity contribution in [2.24, 2.45) is 5.73 Å². The monoisotopic (exact) mass is 278 g/mol. The highest BCUT2D eigenvalue weighted by atomic mass is 19.4. The zero-order valence-electron chi connectivity index (χ0n) is 10.4. The molecule has 1 aromatic carbocycles. The van der Waals surface area contributed by atoms with Gasteiger partial charge in [0.05, 0.1) is 6.04 Å². The maximum atomic E-state index is 13.4. The van der Waals surface area contributed by atoms with Crippen molar-refractivity contribution in [2.75, 3.05) is 0 Å². The van der Waals surface area contributed by atoms with Crippen LogP contribution in [0.2, 0.25) is 0 Å². The summed E-state index contributed by atoms with van der Waals surface area (Å²) in [5.74, 6) is -2.02. The molecule has 0 heterocycles. The van der Waals surface area contributed by atoms with Crippen LogP contribution in [0, 0.1) is 5.82 Å². The van der Waals surface area contributed by atoms with Crippen molar-refractivity contribution < 1.29 is 22.4 Å². The smallest absolute Gasteiger partial charge is 0.348 e. The quantitative estimate of drug-likeness (QED) is 0.833. The highest BCUT2D eigenvalue weighted by Crippen LogP contribution is 2.29. The zero-order chi connectivity index (χ0) is 14.8. The number of rotatable bonds is 3. The molecule has 1 amide bonds. The highest BCUT2D eigenvalue weighted by Gasteiger charge is 2.54. The molecule has 106 valence electrons. The molecule has 0 spiro atoms.